The monoisotopic (exact) mass is 209 g/mol. The number of nitrogens with one attached hydrogen (secondary N) is 1. The van der Waals surface area contributed by atoms with Gasteiger partial charge in [-0.25, -0.2) is 0 Å². The second kappa shape index (κ2) is 3.98. The fourth-order valence-electron chi connectivity index (χ4n) is 1.55. The Morgan fingerprint density at radius 2 is 1.87 bits per heavy atom. The average molecular weight is 209 g/mol. The van der Waals surface area contributed by atoms with Crippen LogP contribution in [-0.4, -0.2) is 53.3 Å². The van der Waals surface area contributed by atoms with E-state index in [1.54, 1.807) is 6.92 Å². The van der Waals surface area contributed by atoms with Gasteiger partial charge in [0.25, 0.3) is 5.56 Å². The molecule has 0 aromatic carbocycles. The van der Waals surface area contributed by atoms with Crippen LogP contribution in [0, 0.1) is 6.92 Å². The molecule has 2 rings (SSSR count). The first-order valence-electron chi connectivity index (χ1n) is 5.04. The predicted octanol–water partition coefficient (Wildman–Crippen LogP) is -0.775. The molecule has 0 unspecified atom stereocenters. The molecule has 1 fully saturated rings. The van der Waals surface area contributed by atoms with Crippen LogP contribution in [0.4, 0.5) is 5.95 Å². The molecule has 6 nitrogen and oxygen atoms in total. The minimum Gasteiger partial charge on any atom is -0.338 e. The zero-order valence-electron chi connectivity index (χ0n) is 9.03. The number of aromatic nitrogens is 3. The van der Waals surface area contributed by atoms with Crippen molar-refractivity contribution in [3.63, 3.8) is 0 Å². The smallest absolute Gasteiger partial charge is 0.273 e. The first-order chi connectivity index (χ1) is 7.16. The molecule has 2 heterocycles. The Morgan fingerprint density at radius 3 is 2.47 bits per heavy atom. The Balaban J connectivity index is 2.16. The van der Waals surface area contributed by atoms with Crippen LogP contribution < -0.4 is 10.5 Å². The van der Waals surface area contributed by atoms with Gasteiger partial charge in [-0.1, -0.05) is 0 Å². The summed E-state index contributed by atoms with van der Waals surface area (Å²) >= 11 is 0. The summed E-state index contributed by atoms with van der Waals surface area (Å²) in [6, 6.07) is 0. The number of rotatable bonds is 1. The molecule has 0 radical (unpaired) electrons. The summed E-state index contributed by atoms with van der Waals surface area (Å²) in [6.07, 6.45) is 0. The lowest BCUT2D eigenvalue weighted by molar-refractivity contribution is 0.310. The summed E-state index contributed by atoms with van der Waals surface area (Å²) in [7, 11) is 2.08. The van der Waals surface area contributed by atoms with E-state index in [4.69, 9.17) is 0 Å². The number of piperazine rings is 1. The number of likely N-dealkylation sites (N-methyl/N-ethyl adjacent to an activating group) is 1. The molecule has 0 atom stereocenters. The minimum atomic E-state index is -0.154. The standard InChI is InChI=1S/C9H15N5O/c1-7-8(15)10-9(12-11-7)14-5-3-13(2)4-6-14/h3-6H2,1-2H3,(H,10,12,15). The summed E-state index contributed by atoms with van der Waals surface area (Å²) in [5.74, 6) is 0.582. The maximum absolute atomic E-state index is 11.4. The second-order valence-electron chi connectivity index (χ2n) is 3.85. The van der Waals surface area contributed by atoms with E-state index < -0.39 is 0 Å². The maximum Gasteiger partial charge on any atom is 0.273 e. The predicted molar refractivity (Wildman–Crippen MR) is 57.1 cm³/mol. The molecule has 82 valence electrons. The third kappa shape index (κ3) is 2.15. The van der Waals surface area contributed by atoms with Crippen LogP contribution in [0.25, 0.3) is 0 Å². The topological polar surface area (TPSA) is 65.1 Å². The summed E-state index contributed by atoms with van der Waals surface area (Å²) in [4.78, 5) is 18.4. The van der Waals surface area contributed by atoms with Gasteiger partial charge in [0.2, 0.25) is 5.95 Å². The van der Waals surface area contributed by atoms with Gasteiger partial charge < -0.3 is 9.80 Å². The van der Waals surface area contributed by atoms with Crippen molar-refractivity contribution < 1.29 is 0 Å². The summed E-state index contributed by atoms with van der Waals surface area (Å²) < 4.78 is 0. The molecule has 15 heavy (non-hydrogen) atoms. The van der Waals surface area contributed by atoms with E-state index in [9.17, 15) is 4.79 Å². The normalized spacial score (nSPS) is 18.1. The van der Waals surface area contributed by atoms with Crippen molar-refractivity contribution in [3.05, 3.63) is 16.0 Å². The molecule has 0 amide bonds. The molecule has 0 aliphatic carbocycles. The van der Waals surface area contributed by atoms with Gasteiger partial charge >= 0.3 is 0 Å². The molecule has 1 N–H and O–H groups in total. The molecule has 1 aliphatic rings. The van der Waals surface area contributed by atoms with Gasteiger partial charge in [0.05, 0.1) is 0 Å². The van der Waals surface area contributed by atoms with Gasteiger partial charge in [-0.2, -0.15) is 0 Å². The van der Waals surface area contributed by atoms with Crippen molar-refractivity contribution >= 4 is 5.95 Å². The van der Waals surface area contributed by atoms with Gasteiger partial charge in [0, 0.05) is 26.2 Å². The molecular weight excluding hydrogens is 194 g/mol. The van der Waals surface area contributed by atoms with Gasteiger partial charge in [-0.05, 0) is 14.0 Å². The minimum absolute atomic E-state index is 0.154. The van der Waals surface area contributed by atoms with Crippen LogP contribution in [0.1, 0.15) is 5.69 Å². The van der Waals surface area contributed by atoms with Crippen molar-refractivity contribution in [1.29, 1.82) is 0 Å². The van der Waals surface area contributed by atoms with Crippen molar-refractivity contribution in [1.82, 2.24) is 20.1 Å². The summed E-state index contributed by atoms with van der Waals surface area (Å²) in [5.41, 5.74) is 0.256. The molecule has 1 aromatic heterocycles. The van der Waals surface area contributed by atoms with E-state index >= 15 is 0 Å². The summed E-state index contributed by atoms with van der Waals surface area (Å²) in [6.45, 7) is 5.38. The molecule has 0 saturated carbocycles. The third-order valence-electron chi connectivity index (χ3n) is 2.65. The number of nitrogens with zero attached hydrogens (tertiary/aromatic N) is 4. The lowest BCUT2D eigenvalue weighted by Gasteiger charge is -2.32. The average Bonchev–Trinajstić information content (AvgIpc) is 2.23. The van der Waals surface area contributed by atoms with Gasteiger partial charge in [0.1, 0.15) is 5.69 Å². The van der Waals surface area contributed by atoms with E-state index in [-0.39, 0.29) is 5.56 Å². The lowest BCUT2D eigenvalue weighted by Crippen LogP contribution is -2.45. The summed E-state index contributed by atoms with van der Waals surface area (Å²) in [5, 5.41) is 7.81. The fourth-order valence-corrected chi connectivity index (χ4v) is 1.55. The van der Waals surface area contributed by atoms with Crippen LogP contribution >= 0.6 is 0 Å². The Kier molecular flexibility index (Phi) is 2.68. The van der Waals surface area contributed by atoms with Gasteiger partial charge in [0.15, 0.2) is 0 Å². The fraction of sp³-hybridized carbons (Fsp3) is 0.667. The number of aryl methyl sites for hydroxylation is 1. The Hall–Kier alpha value is -1.43. The largest absolute Gasteiger partial charge is 0.338 e. The van der Waals surface area contributed by atoms with E-state index in [0.29, 0.717) is 11.6 Å². The van der Waals surface area contributed by atoms with Crippen LogP contribution in [0.3, 0.4) is 0 Å². The molecule has 1 aliphatic heterocycles. The molecule has 0 bridgehead atoms. The van der Waals surface area contributed by atoms with Crippen LogP contribution in [-0.2, 0) is 0 Å². The highest BCUT2D eigenvalue weighted by Gasteiger charge is 2.16. The SMILES string of the molecule is Cc1nnc(N2CCN(C)CC2)[nH]c1=O. The number of H-pyrrole nitrogens is 1. The highest BCUT2D eigenvalue weighted by Crippen LogP contribution is 2.06. The van der Waals surface area contributed by atoms with Crippen molar-refractivity contribution in [3.8, 4) is 0 Å². The first-order valence-corrected chi connectivity index (χ1v) is 5.04. The van der Waals surface area contributed by atoms with Gasteiger partial charge in [-0.3, -0.25) is 9.78 Å². The van der Waals surface area contributed by atoms with E-state index in [1.807, 2.05) is 4.90 Å². The molecule has 0 spiro atoms. The Labute approximate surface area is 87.9 Å². The highest BCUT2D eigenvalue weighted by atomic mass is 16.1. The van der Waals surface area contributed by atoms with E-state index in [0.717, 1.165) is 26.2 Å². The zero-order valence-corrected chi connectivity index (χ0v) is 9.03. The van der Waals surface area contributed by atoms with Crippen LogP contribution in [0.5, 0.6) is 0 Å². The number of anilines is 1. The number of hydrogen-bond donors (Lipinski definition) is 1. The first kappa shape index (κ1) is 10.1. The molecule has 1 aromatic rings. The molecule has 1 saturated heterocycles. The quantitative estimate of drug-likeness (QED) is 0.657. The van der Waals surface area contributed by atoms with E-state index in [2.05, 4.69) is 27.1 Å². The number of hydrogen-bond acceptors (Lipinski definition) is 5. The van der Waals surface area contributed by atoms with Crippen molar-refractivity contribution in [2.45, 2.75) is 6.92 Å². The van der Waals surface area contributed by atoms with Gasteiger partial charge in [-0.15, -0.1) is 10.2 Å². The third-order valence-corrected chi connectivity index (χ3v) is 2.65. The molecule has 6 heteroatoms. The van der Waals surface area contributed by atoms with Crippen LogP contribution in [0.2, 0.25) is 0 Å². The second-order valence-corrected chi connectivity index (χ2v) is 3.85. The number of aromatic amines is 1. The zero-order chi connectivity index (χ0) is 10.8. The van der Waals surface area contributed by atoms with Crippen molar-refractivity contribution in [2.24, 2.45) is 0 Å². The van der Waals surface area contributed by atoms with Crippen LogP contribution in [0.15, 0.2) is 4.79 Å². The Morgan fingerprint density at radius 1 is 1.20 bits per heavy atom. The molecular formula is C9H15N5O. The highest BCUT2D eigenvalue weighted by molar-refractivity contribution is 5.28. The van der Waals surface area contributed by atoms with Crippen molar-refractivity contribution in [2.75, 3.05) is 38.1 Å². The maximum atomic E-state index is 11.4. The van der Waals surface area contributed by atoms with E-state index in [1.165, 1.54) is 0 Å². The Bertz CT molecular complexity index is 394. The lowest BCUT2D eigenvalue weighted by atomic mass is 10.3.